The van der Waals surface area contributed by atoms with Gasteiger partial charge < -0.3 is 10.6 Å². The van der Waals surface area contributed by atoms with Crippen molar-refractivity contribution in [1.82, 2.24) is 9.97 Å². The summed E-state index contributed by atoms with van der Waals surface area (Å²) in [6.07, 6.45) is 1.96. The Balaban J connectivity index is 2.34. The summed E-state index contributed by atoms with van der Waals surface area (Å²) in [5.74, 6) is 1.57. The van der Waals surface area contributed by atoms with Crippen LogP contribution in [0.3, 0.4) is 0 Å². The zero-order valence-electron chi connectivity index (χ0n) is 11.0. The van der Waals surface area contributed by atoms with Crippen LogP contribution in [-0.4, -0.2) is 23.3 Å². The fourth-order valence-electron chi connectivity index (χ4n) is 1.59. The molecule has 100 valence electrons. The fraction of sp³-hybridized carbons (Fsp3) is 0.231. The summed E-state index contributed by atoms with van der Waals surface area (Å²) in [6.45, 7) is 2.06. The van der Waals surface area contributed by atoms with Crippen LogP contribution in [0.5, 0.6) is 0 Å². The Labute approximate surface area is 125 Å². The van der Waals surface area contributed by atoms with E-state index in [2.05, 4.69) is 49.5 Å². The minimum atomic E-state index is 0.734. The first-order chi connectivity index (χ1) is 9.13. The number of rotatable bonds is 4. The second-order valence-electron chi connectivity index (χ2n) is 3.94. The Morgan fingerprint density at radius 3 is 2.63 bits per heavy atom. The smallest absolute Gasteiger partial charge is 0.191 e. The number of nitrogens with one attached hydrogen (secondary N) is 2. The number of thioether (sulfide) groups is 1. The lowest BCUT2D eigenvalue weighted by atomic mass is 10.2. The van der Waals surface area contributed by atoms with Gasteiger partial charge in [0.2, 0.25) is 0 Å². The molecule has 0 amide bonds. The number of aromatic nitrogens is 2. The molecule has 0 fully saturated rings. The van der Waals surface area contributed by atoms with E-state index < -0.39 is 0 Å². The Morgan fingerprint density at radius 1 is 1.21 bits per heavy atom. The second kappa shape index (κ2) is 6.25. The van der Waals surface area contributed by atoms with Crippen molar-refractivity contribution in [2.45, 2.75) is 12.1 Å². The van der Waals surface area contributed by atoms with E-state index in [0.29, 0.717) is 0 Å². The monoisotopic (exact) mass is 338 g/mol. The minimum absolute atomic E-state index is 0.734. The predicted molar refractivity (Wildman–Crippen MR) is 85.5 cm³/mol. The van der Waals surface area contributed by atoms with E-state index in [1.54, 1.807) is 0 Å². The van der Waals surface area contributed by atoms with Gasteiger partial charge in [-0.1, -0.05) is 23.9 Å². The number of aryl methyl sites for hydroxylation is 1. The molecule has 0 saturated heterocycles. The van der Waals surface area contributed by atoms with Gasteiger partial charge in [-0.2, -0.15) is 0 Å². The van der Waals surface area contributed by atoms with Crippen LogP contribution in [0.1, 0.15) is 5.56 Å². The molecule has 6 heteroatoms. The van der Waals surface area contributed by atoms with Crippen LogP contribution >= 0.6 is 27.7 Å². The van der Waals surface area contributed by atoms with E-state index in [1.807, 2.05) is 31.5 Å². The average Bonchev–Trinajstić information content (AvgIpc) is 2.43. The predicted octanol–water partition coefficient (Wildman–Crippen LogP) is 4.05. The van der Waals surface area contributed by atoms with Crippen LogP contribution in [0.2, 0.25) is 0 Å². The van der Waals surface area contributed by atoms with Crippen molar-refractivity contribution in [3.63, 3.8) is 0 Å². The van der Waals surface area contributed by atoms with Crippen molar-refractivity contribution in [1.29, 1.82) is 0 Å². The number of anilines is 3. The van der Waals surface area contributed by atoms with Crippen LogP contribution < -0.4 is 10.6 Å². The maximum atomic E-state index is 4.45. The van der Waals surface area contributed by atoms with Gasteiger partial charge in [-0.25, -0.2) is 9.97 Å². The highest BCUT2D eigenvalue weighted by atomic mass is 79.9. The molecule has 0 radical (unpaired) electrons. The van der Waals surface area contributed by atoms with Crippen molar-refractivity contribution in [2.75, 3.05) is 23.9 Å². The Hall–Kier alpha value is -1.27. The number of hydrogen-bond donors (Lipinski definition) is 2. The average molecular weight is 339 g/mol. The zero-order valence-corrected chi connectivity index (χ0v) is 13.4. The molecular formula is C13H15BrN4S. The van der Waals surface area contributed by atoms with Gasteiger partial charge in [0.25, 0.3) is 0 Å². The molecule has 1 aromatic heterocycles. The van der Waals surface area contributed by atoms with Crippen LogP contribution in [0.25, 0.3) is 0 Å². The highest BCUT2D eigenvalue weighted by Crippen LogP contribution is 2.29. The molecule has 0 aliphatic heterocycles. The highest BCUT2D eigenvalue weighted by molar-refractivity contribution is 9.10. The maximum absolute atomic E-state index is 4.45. The SMILES string of the molecule is CNc1cc(Nc2cccc(C)c2Br)nc(SC)n1. The number of halogens is 1. The maximum Gasteiger partial charge on any atom is 0.191 e. The second-order valence-corrected chi connectivity index (χ2v) is 5.50. The lowest BCUT2D eigenvalue weighted by Crippen LogP contribution is -2.01. The quantitative estimate of drug-likeness (QED) is 0.650. The normalized spacial score (nSPS) is 10.3. The molecule has 2 N–H and O–H groups in total. The lowest BCUT2D eigenvalue weighted by molar-refractivity contribution is 0.977. The number of benzene rings is 1. The first-order valence-corrected chi connectivity index (χ1v) is 7.78. The van der Waals surface area contributed by atoms with Crippen molar-refractivity contribution >= 4 is 45.0 Å². The van der Waals surface area contributed by atoms with Crippen LogP contribution in [0, 0.1) is 6.92 Å². The van der Waals surface area contributed by atoms with E-state index in [0.717, 1.165) is 27.0 Å². The molecule has 0 aliphatic carbocycles. The summed E-state index contributed by atoms with van der Waals surface area (Å²) in [5.41, 5.74) is 2.17. The van der Waals surface area contributed by atoms with Gasteiger partial charge in [-0.15, -0.1) is 0 Å². The summed E-state index contributed by atoms with van der Waals surface area (Å²) in [6, 6.07) is 7.96. The first kappa shape index (κ1) is 14.1. The molecule has 19 heavy (non-hydrogen) atoms. The summed E-state index contributed by atoms with van der Waals surface area (Å²) in [7, 11) is 1.85. The van der Waals surface area contributed by atoms with Gasteiger partial charge >= 0.3 is 0 Å². The van der Waals surface area contributed by atoms with E-state index in [-0.39, 0.29) is 0 Å². The Bertz CT molecular complexity index is 567. The van der Waals surface area contributed by atoms with Crippen molar-refractivity contribution in [3.05, 3.63) is 34.3 Å². The summed E-state index contributed by atoms with van der Waals surface area (Å²) >= 11 is 5.10. The van der Waals surface area contributed by atoms with Gasteiger partial charge in [-0.05, 0) is 40.7 Å². The molecule has 0 saturated carbocycles. The van der Waals surface area contributed by atoms with Gasteiger partial charge in [0.15, 0.2) is 5.16 Å². The molecule has 0 unspecified atom stereocenters. The van der Waals surface area contributed by atoms with Crippen molar-refractivity contribution < 1.29 is 0 Å². The number of hydrogen-bond acceptors (Lipinski definition) is 5. The van der Waals surface area contributed by atoms with E-state index >= 15 is 0 Å². The summed E-state index contributed by atoms with van der Waals surface area (Å²) in [5, 5.41) is 7.08. The van der Waals surface area contributed by atoms with Crippen molar-refractivity contribution in [3.8, 4) is 0 Å². The van der Waals surface area contributed by atoms with Crippen LogP contribution in [0.15, 0.2) is 33.9 Å². The third-order valence-corrected chi connectivity index (χ3v) is 4.20. The summed E-state index contributed by atoms with van der Waals surface area (Å²) in [4.78, 5) is 8.79. The third-order valence-electron chi connectivity index (χ3n) is 2.60. The molecular weight excluding hydrogens is 324 g/mol. The highest BCUT2D eigenvalue weighted by Gasteiger charge is 2.06. The Kier molecular flexibility index (Phi) is 4.66. The molecule has 0 aliphatic rings. The molecule has 1 aromatic carbocycles. The lowest BCUT2D eigenvalue weighted by Gasteiger charge is -2.11. The van der Waals surface area contributed by atoms with E-state index in [4.69, 9.17) is 0 Å². The van der Waals surface area contributed by atoms with Gasteiger partial charge in [-0.3, -0.25) is 0 Å². The molecule has 2 aromatic rings. The molecule has 1 heterocycles. The van der Waals surface area contributed by atoms with Crippen molar-refractivity contribution in [2.24, 2.45) is 0 Å². The van der Waals surface area contributed by atoms with Gasteiger partial charge in [0, 0.05) is 17.6 Å². The van der Waals surface area contributed by atoms with Crippen LogP contribution in [0.4, 0.5) is 17.3 Å². The zero-order chi connectivity index (χ0) is 13.8. The minimum Gasteiger partial charge on any atom is -0.373 e. The van der Waals surface area contributed by atoms with Gasteiger partial charge in [0.1, 0.15) is 11.6 Å². The van der Waals surface area contributed by atoms with Crippen LogP contribution in [-0.2, 0) is 0 Å². The molecule has 2 rings (SSSR count). The first-order valence-electron chi connectivity index (χ1n) is 5.77. The summed E-state index contributed by atoms with van der Waals surface area (Å²) < 4.78 is 1.05. The van der Waals surface area contributed by atoms with Gasteiger partial charge in [0.05, 0.1) is 5.69 Å². The third kappa shape index (κ3) is 3.39. The molecule has 4 nitrogen and oxygen atoms in total. The molecule has 0 atom stereocenters. The Morgan fingerprint density at radius 2 is 1.95 bits per heavy atom. The molecule has 0 spiro atoms. The fourth-order valence-corrected chi connectivity index (χ4v) is 2.33. The van der Waals surface area contributed by atoms with E-state index in [9.17, 15) is 0 Å². The molecule has 0 bridgehead atoms. The largest absolute Gasteiger partial charge is 0.373 e. The topological polar surface area (TPSA) is 49.8 Å². The standard InChI is InChI=1S/C13H15BrN4S/c1-8-5-4-6-9(12(8)14)16-11-7-10(15-2)17-13(18-11)19-3/h4-7H,1-3H3,(H2,15,16,17,18). The number of nitrogens with zero attached hydrogens (tertiary/aromatic N) is 2. The van der Waals surface area contributed by atoms with E-state index in [1.165, 1.54) is 17.3 Å².